The Morgan fingerprint density at radius 1 is 1.07 bits per heavy atom. The number of aromatic nitrogens is 3. The quantitative estimate of drug-likeness (QED) is 0.519. The van der Waals surface area contributed by atoms with Crippen LogP contribution in [0.3, 0.4) is 0 Å². The standard InChI is InChI=1S/C20H15N3O4/c1-13-11-15(27-22-13)12-26-20(25)18-16-9-5-6-10-17(16)19(24)23(21-18)14-7-3-2-4-8-14/h2-11H,12H2,1H3. The maximum Gasteiger partial charge on any atom is 0.359 e. The molecule has 0 aliphatic carbocycles. The number of carbonyl (C=O) groups excluding carboxylic acids is 1. The lowest BCUT2D eigenvalue weighted by atomic mass is 10.1. The number of fused-ring (bicyclic) bond motifs is 1. The minimum Gasteiger partial charge on any atom is -0.453 e. The summed E-state index contributed by atoms with van der Waals surface area (Å²) in [6, 6.07) is 17.4. The van der Waals surface area contributed by atoms with Crippen LogP contribution in [0.2, 0.25) is 0 Å². The SMILES string of the molecule is Cc1cc(COC(=O)c2nn(-c3ccccc3)c(=O)c3ccccc23)on1. The van der Waals surface area contributed by atoms with Crippen molar-refractivity contribution in [1.29, 1.82) is 0 Å². The van der Waals surface area contributed by atoms with Gasteiger partial charge >= 0.3 is 5.97 Å². The third-order valence-electron chi connectivity index (χ3n) is 4.02. The lowest BCUT2D eigenvalue weighted by molar-refractivity contribution is 0.0431. The molecule has 0 fully saturated rings. The summed E-state index contributed by atoms with van der Waals surface area (Å²) in [5, 5.41) is 8.85. The molecule has 2 aromatic heterocycles. The lowest BCUT2D eigenvalue weighted by Gasteiger charge is -2.10. The highest BCUT2D eigenvalue weighted by Gasteiger charge is 2.19. The Morgan fingerprint density at radius 2 is 1.78 bits per heavy atom. The van der Waals surface area contributed by atoms with Crippen LogP contribution in [0.5, 0.6) is 0 Å². The molecule has 4 aromatic rings. The monoisotopic (exact) mass is 361 g/mol. The van der Waals surface area contributed by atoms with Gasteiger partial charge in [0, 0.05) is 11.5 Å². The highest BCUT2D eigenvalue weighted by molar-refractivity contribution is 6.02. The van der Waals surface area contributed by atoms with Gasteiger partial charge in [-0.25, -0.2) is 4.79 Å². The van der Waals surface area contributed by atoms with E-state index >= 15 is 0 Å². The number of ether oxygens (including phenoxy) is 1. The van der Waals surface area contributed by atoms with Gasteiger partial charge in [-0.3, -0.25) is 4.79 Å². The van der Waals surface area contributed by atoms with Gasteiger partial charge in [0.1, 0.15) is 0 Å². The first-order chi connectivity index (χ1) is 13.1. The summed E-state index contributed by atoms with van der Waals surface area (Å²) < 4.78 is 11.6. The van der Waals surface area contributed by atoms with Gasteiger partial charge in [0.25, 0.3) is 5.56 Å². The number of aryl methyl sites for hydroxylation is 1. The molecule has 0 radical (unpaired) electrons. The van der Waals surface area contributed by atoms with Crippen molar-refractivity contribution in [3.63, 3.8) is 0 Å². The molecule has 2 aromatic carbocycles. The van der Waals surface area contributed by atoms with Crippen LogP contribution in [-0.2, 0) is 11.3 Å². The van der Waals surface area contributed by atoms with Crippen molar-refractivity contribution in [2.45, 2.75) is 13.5 Å². The van der Waals surface area contributed by atoms with Crippen LogP contribution in [-0.4, -0.2) is 20.9 Å². The zero-order chi connectivity index (χ0) is 18.8. The molecule has 0 bridgehead atoms. The molecular weight excluding hydrogens is 346 g/mol. The topological polar surface area (TPSA) is 87.2 Å². The number of hydrogen-bond donors (Lipinski definition) is 0. The third kappa shape index (κ3) is 3.22. The van der Waals surface area contributed by atoms with E-state index in [4.69, 9.17) is 9.26 Å². The van der Waals surface area contributed by atoms with Gasteiger partial charge in [0.15, 0.2) is 18.1 Å². The van der Waals surface area contributed by atoms with E-state index in [-0.39, 0.29) is 17.9 Å². The minimum atomic E-state index is -0.648. The molecule has 7 heteroatoms. The molecule has 2 heterocycles. The molecule has 0 saturated carbocycles. The van der Waals surface area contributed by atoms with Gasteiger partial charge in [-0.1, -0.05) is 41.6 Å². The normalized spacial score (nSPS) is 10.9. The maximum atomic E-state index is 12.8. The van der Waals surface area contributed by atoms with E-state index < -0.39 is 5.97 Å². The largest absolute Gasteiger partial charge is 0.453 e. The predicted octanol–water partition coefficient (Wildman–Crippen LogP) is 3.04. The first-order valence-electron chi connectivity index (χ1n) is 8.30. The zero-order valence-electron chi connectivity index (χ0n) is 14.5. The van der Waals surface area contributed by atoms with Crippen LogP contribution >= 0.6 is 0 Å². The van der Waals surface area contributed by atoms with E-state index in [1.165, 1.54) is 4.68 Å². The van der Waals surface area contributed by atoms with Crippen molar-refractivity contribution in [2.75, 3.05) is 0 Å². The molecule has 0 amide bonds. The summed E-state index contributed by atoms with van der Waals surface area (Å²) >= 11 is 0. The second-order valence-corrected chi connectivity index (χ2v) is 5.96. The lowest BCUT2D eigenvalue weighted by Crippen LogP contribution is -2.25. The van der Waals surface area contributed by atoms with Crippen LogP contribution in [0.4, 0.5) is 0 Å². The highest BCUT2D eigenvalue weighted by atomic mass is 16.5. The minimum absolute atomic E-state index is 0.0605. The van der Waals surface area contributed by atoms with Gasteiger partial charge in [0.05, 0.1) is 16.8 Å². The van der Waals surface area contributed by atoms with Gasteiger partial charge in [-0.15, -0.1) is 0 Å². The number of para-hydroxylation sites is 1. The first kappa shape index (κ1) is 16.7. The molecule has 0 unspecified atom stereocenters. The fourth-order valence-corrected chi connectivity index (χ4v) is 2.77. The second-order valence-electron chi connectivity index (χ2n) is 5.96. The summed E-state index contributed by atoms with van der Waals surface area (Å²) in [6.45, 7) is 1.71. The summed E-state index contributed by atoms with van der Waals surface area (Å²) in [5.41, 5.74) is 1.01. The molecule has 27 heavy (non-hydrogen) atoms. The molecule has 4 rings (SSSR count). The van der Waals surface area contributed by atoms with E-state index in [1.54, 1.807) is 61.5 Å². The van der Waals surface area contributed by atoms with Crippen LogP contribution < -0.4 is 5.56 Å². The number of rotatable bonds is 4. The Hall–Kier alpha value is -3.74. The fourth-order valence-electron chi connectivity index (χ4n) is 2.77. The van der Waals surface area contributed by atoms with Gasteiger partial charge in [-0.05, 0) is 25.1 Å². The summed E-state index contributed by atoms with van der Waals surface area (Å²) in [5.74, 6) is -0.216. The molecule has 0 saturated heterocycles. The summed E-state index contributed by atoms with van der Waals surface area (Å²) in [7, 11) is 0. The molecule has 7 nitrogen and oxygen atoms in total. The predicted molar refractivity (Wildman–Crippen MR) is 97.7 cm³/mol. The smallest absolute Gasteiger partial charge is 0.359 e. The van der Waals surface area contributed by atoms with Crippen molar-refractivity contribution in [3.8, 4) is 5.69 Å². The van der Waals surface area contributed by atoms with E-state index in [0.717, 1.165) is 0 Å². The number of benzene rings is 2. The Balaban J connectivity index is 1.78. The molecule has 0 atom stereocenters. The summed E-state index contributed by atoms with van der Waals surface area (Å²) in [4.78, 5) is 25.5. The Bertz CT molecular complexity index is 1180. The average molecular weight is 361 g/mol. The average Bonchev–Trinajstić information content (AvgIpc) is 3.12. The Morgan fingerprint density at radius 3 is 2.48 bits per heavy atom. The van der Waals surface area contributed by atoms with Crippen LogP contribution in [0.1, 0.15) is 21.9 Å². The van der Waals surface area contributed by atoms with E-state index in [2.05, 4.69) is 10.3 Å². The molecule has 0 spiro atoms. The molecular formula is C20H15N3O4. The highest BCUT2D eigenvalue weighted by Crippen LogP contribution is 2.17. The first-order valence-corrected chi connectivity index (χ1v) is 8.30. The van der Waals surface area contributed by atoms with E-state index in [0.29, 0.717) is 27.9 Å². The van der Waals surface area contributed by atoms with Crippen molar-refractivity contribution < 1.29 is 14.1 Å². The second kappa shape index (κ2) is 6.87. The Kier molecular flexibility index (Phi) is 4.25. The van der Waals surface area contributed by atoms with Crippen molar-refractivity contribution in [3.05, 3.63) is 88.2 Å². The van der Waals surface area contributed by atoms with Crippen LogP contribution in [0, 0.1) is 6.92 Å². The fraction of sp³-hybridized carbons (Fsp3) is 0.100. The molecule has 0 aliphatic rings. The number of nitrogens with zero attached hydrogens (tertiary/aromatic N) is 3. The third-order valence-corrected chi connectivity index (χ3v) is 4.02. The number of hydrogen-bond acceptors (Lipinski definition) is 6. The van der Waals surface area contributed by atoms with Crippen LogP contribution in [0.15, 0.2) is 70.0 Å². The molecule has 0 N–H and O–H groups in total. The summed E-state index contributed by atoms with van der Waals surface area (Å²) in [6.07, 6.45) is 0. The number of carbonyl (C=O) groups is 1. The van der Waals surface area contributed by atoms with Crippen molar-refractivity contribution in [1.82, 2.24) is 14.9 Å². The van der Waals surface area contributed by atoms with Crippen LogP contribution in [0.25, 0.3) is 16.5 Å². The maximum absolute atomic E-state index is 12.8. The van der Waals surface area contributed by atoms with Gasteiger partial charge in [-0.2, -0.15) is 9.78 Å². The van der Waals surface area contributed by atoms with Crippen molar-refractivity contribution >= 4 is 16.7 Å². The molecule has 134 valence electrons. The number of esters is 1. The Labute approximate surface area is 153 Å². The van der Waals surface area contributed by atoms with E-state index in [1.807, 2.05) is 6.07 Å². The van der Waals surface area contributed by atoms with Gasteiger partial charge in [0.2, 0.25) is 0 Å². The van der Waals surface area contributed by atoms with Gasteiger partial charge < -0.3 is 9.26 Å². The van der Waals surface area contributed by atoms with Crippen molar-refractivity contribution in [2.24, 2.45) is 0 Å². The molecule has 0 aliphatic heterocycles. The van der Waals surface area contributed by atoms with E-state index in [9.17, 15) is 9.59 Å². The zero-order valence-corrected chi connectivity index (χ0v) is 14.5.